The zero-order valence-corrected chi connectivity index (χ0v) is 17.0. The lowest BCUT2D eigenvalue weighted by Gasteiger charge is -2.10. The maximum absolute atomic E-state index is 12.5. The second-order valence-electron chi connectivity index (χ2n) is 6.20. The van der Waals surface area contributed by atoms with Crippen LogP contribution in [0.5, 0.6) is 0 Å². The molecule has 1 heterocycles. The number of thioether (sulfide) groups is 1. The SMILES string of the molecule is CCC(C)NC(=O)CSc1nnc(CS(=O)(=O)c2ccc(C)cc2)n1C. The molecular formula is C17H24N4O3S2. The summed E-state index contributed by atoms with van der Waals surface area (Å²) < 4.78 is 26.7. The van der Waals surface area contributed by atoms with Crippen LogP contribution in [-0.2, 0) is 27.4 Å². The summed E-state index contributed by atoms with van der Waals surface area (Å²) in [7, 11) is -1.80. The fraction of sp³-hybridized carbons (Fsp3) is 0.471. The van der Waals surface area contributed by atoms with Gasteiger partial charge >= 0.3 is 0 Å². The topological polar surface area (TPSA) is 94.0 Å². The van der Waals surface area contributed by atoms with Gasteiger partial charge in [0.2, 0.25) is 5.91 Å². The van der Waals surface area contributed by atoms with E-state index in [9.17, 15) is 13.2 Å². The number of aryl methyl sites for hydroxylation is 1. The van der Waals surface area contributed by atoms with Crippen molar-refractivity contribution >= 4 is 27.5 Å². The van der Waals surface area contributed by atoms with Crippen molar-refractivity contribution < 1.29 is 13.2 Å². The van der Waals surface area contributed by atoms with E-state index in [1.807, 2.05) is 20.8 Å². The highest BCUT2D eigenvalue weighted by atomic mass is 32.2. The number of amides is 1. The van der Waals surface area contributed by atoms with Crippen LogP contribution in [0.2, 0.25) is 0 Å². The Bertz CT molecular complexity index is 861. The molecule has 0 radical (unpaired) electrons. The number of sulfone groups is 1. The predicted octanol–water partition coefficient (Wildman–Crippen LogP) is 2.10. The molecule has 0 aliphatic rings. The minimum absolute atomic E-state index is 0.0822. The molecule has 2 aromatic rings. The minimum Gasteiger partial charge on any atom is -0.353 e. The Labute approximate surface area is 158 Å². The largest absolute Gasteiger partial charge is 0.353 e. The van der Waals surface area contributed by atoms with Gasteiger partial charge in [-0.25, -0.2) is 8.42 Å². The van der Waals surface area contributed by atoms with Crippen LogP contribution in [0, 0.1) is 6.92 Å². The summed E-state index contributed by atoms with van der Waals surface area (Å²) in [5.74, 6) is 0.233. The molecule has 1 atom stereocenters. The van der Waals surface area contributed by atoms with E-state index >= 15 is 0 Å². The summed E-state index contributed by atoms with van der Waals surface area (Å²) in [6, 6.07) is 6.84. The third-order valence-corrected chi connectivity index (χ3v) is 6.63. The Balaban J connectivity index is 2.04. The van der Waals surface area contributed by atoms with Crippen molar-refractivity contribution in [1.82, 2.24) is 20.1 Å². The van der Waals surface area contributed by atoms with Crippen molar-refractivity contribution in [2.75, 3.05) is 5.75 Å². The second-order valence-corrected chi connectivity index (χ2v) is 9.13. The van der Waals surface area contributed by atoms with Crippen molar-refractivity contribution in [2.45, 2.75) is 49.0 Å². The predicted molar refractivity (Wildman–Crippen MR) is 102 cm³/mol. The van der Waals surface area contributed by atoms with Crippen LogP contribution in [0.25, 0.3) is 0 Å². The maximum atomic E-state index is 12.5. The van der Waals surface area contributed by atoms with Gasteiger partial charge in [-0.3, -0.25) is 4.79 Å². The first-order valence-corrected chi connectivity index (χ1v) is 11.0. The lowest BCUT2D eigenvalue weighted by molar-refractivity contribution is -0.119. The number of aromatic nitrogens is 3. The Morgan fingerprint density at radius 1 is 1.27 bits per heavy atom. The molecule has 0 aliphatic carbocycles. The number of nitrogens with one attached hydrogen (secondary N) is 1. The molecule has 1 aromatic carbocycles. The number of carbonyl (C=O) groups is 1. The zero-order chi connectivity index (χ0) is 19.3. The van der Waals surface area contributed by atoms with Crippen LogP contribution in [0.1, 0.15) is 31.7 Å². The summed E-state index contributed by atoms with van der Waals surface area (Å²) in [5, 5.41) is 11.4. The van der Waals surface area contributed by atoms with Gasteiger partial charge in [-0.2, -0.15) is 0 Å². The first kappa shape index (κ1) is 20.4. The quantitative estimate of drug-likeness (QED) is 0.687. The number of benzene rings is 1. The second kappa shape index (κ2) is 8.68. The van der Waals surface area contributed by atoms with Crippen LogP contribution in [0.4, 0.5) is 0 Å². The molecule has 0 bridgehead atoms. The lowest BCUT2D eigenvalue weighted by Crippen LogP contribution is -2.33. The minimum atomic E-state index is -3.50. The fourth-order valence-electron chi connectivity index (χ4n) is 2.14. The standard InChI is InChI=1S/C17H24N4O3S2/c1-5-13(3)18-16(22)10-25-17-20-19-15(21(17)4)11-26(23,24)14-8-6-12(2)7-9-14/h6-9,13H,5,10-11H2,1-4H3,(H,18,22). The molecule has 9 heteroatoms. The Kier molecular flexibility index (Phi) is 6.82. The molecule has 0 fully saturated rings. The molecule has 7 nitrogen and oxygen atoms in total. The first-order chi connectivity index (χ1) is 12.2. The molecule has 0 aliphatic heterocycles. The van der Waals surface area contributed by atoms with Crippen LogP contribution in [0.3, 0.4) is 0 Å². The van der Waals surface area contributed by atoms with Gasteiger partial charge < -0.3 is 9.88 Å². The van der Waals surface area contributed by atoms with Gasteiger partial charge in [-0.15, -0.1) is 10.2 Å². The van der Waals surface area contributed by atoms with Gasteiger partial charge in [-0.1, -0.05) is 36.4 Å². The smallest absolute Gasteiger partial charge is 0.230 e. The normalized spacial score (nSPS) is 12.8. The third-order valence-electron chi connectivity index (χ3n) is 3.98. The first-order valence-electron chi connectivity index (χ1n) is 8.32. The van der Waals surface area contributed by atoms with Crippen molar-refractivity contribution in [1.29, 1.82) is 0 Å². The Morgan fingerprint density at radius 3 is 2.54 bits per heavy atom. The van der Waals surface area contributed by atoms with E-state index in [1.54, 1.807) is 35.9 Å². The highest BCUT2D eigenvalue weighted by Gasteiger charge is 2.20. The fourth-order valence-corrected chi connectivity index (χ4v) is 4.19. The van der Waals surface area contributed by atoms with E-state index in [1.165, 1.54) is 11.8 Å². The Hall–Kier alpha value is -1.87. The molecule has 26 heavy (non-hydrogen) atoms. The number of hydrogen-bond donors (Lipinski definition) is 1. The monoisotopic (exact) mass is 396 g/mol. The third kappa shape index (κ3) is 5.31. The summed E-state index contributed by atoms with van der Waals surface area (Å²) in [5.41, 5.74) is 0.997. The maximum Gasteiger partial charge on any atom is 0.230 e. The molecule has 1 amide bonds. The van der Waals surface area contributed by atoms with Gasteiger partial charge in [-0.05, 0) is 32.4 Å². The van der Waals surface area contributed by atoms with E-state index < -0.39 is 9.84 Å². The van der Waals surface area contributed by atoms with Gasteiger partial charge in [0.15, 0.2) is 15.0 Å². The summed E-state index contributed by atoms with van der Waals surface area (Å²) >= 11 is 1.23. The average Bonchev–Trinajstić information content (AvgIpc) is 2.93. The van der Waals surface area contributed by atoms with Gasteiger partial charge in [0.1, 0.15) is 11.6 Å². The average molecular weight is 397 g/mol. The van der Waals surface area contributed by atoms with Crippen molar-refractivity contribution in [3.63, 3.8) is 0 Å². The Morgan fingerprint density at radius 2 is 1.92 bits per heavy atom. The molecule has 1 N–H and O–H groups in total. The molecule has 2 rings (SSSR count). The number of rotatable bonds is 8. The van der Waals surface area contributed by atoms with Crippen LogP contribution < -0.4 is 5.32 Å². The van der Waals surface area contributed by atoms with E-state index in [2.05, 4.69) is 15.5 Å². The summed E-state index contributed by atoms with van der Waals surface area (Å²) in [6.07, 6.45) is 0.862. The van der Waals surface area contributed by atoms with E-state index in [4.69, 9.17) is 0 Å². The van der Waals surface area contributed by atoms with Gasteiger partial charge in [0.25, 0.3) is 0 Å². The molecule has 142 valence electrons. The van der Waals surface area contributed by atoms with Gasteiger partial charge in [0, 0.05) is 13.1 Å². The van der Waals surface area contributed by atoms with Gasteiger partial charge in [0.05, 0.1) is 10.6 Å². The molecular weight excluding hydrogens is 372 g/mol. The van der Waals surface area contributed by atoms with Crippen molar-refractivity contribution in [3.8, 4) is 0 Å². The van der Waals surface area contributed by atoms with Crippen molar-refractivity contribution in [2.24, 2.45) is 7.05 Å². The molecule has 0 saturated carbocycles. The molecule has 1 aromatic heterocycles. The number of carbonyl (C=O) groups excluding carboxylic acids is 1. The summed E-state index contributed by atoms with van der Waals surface area (Å²) in [6.45, 7) is 5.85. The molecule has 0 saturated heterocycles. The number of nitrogens with zero attached hydrogens (tertiary/aromatic N) is 3. The van der Waals surface area contributed by atoms with Crippen LogP contribution in [-0.4, -0.2) is 40.9 Å². The zero-order valence-electron chi connectivity index (χ0n) is 15.4. The molecule has 1 unspecified atom stereocenters. The molecule has 0 spiro atoms. The lowest BCUT2D eigenvalue weighted by atomic mass is 10.2. The van der Waals surface area contributed by atoms with E-state index in [0.29, 0.717) is 11.0 Å². The van der Waals surface area contributed by atoms with Crippen LogP contribution >= 0.6 is 11.8 Å². The summed E-state index contributed by atoms with van der Waals surface area (Å²) in [4.78, 5) is 12.1. The van der Waals surface area contributed by atoms with E-state index in [-0.39, 0.29) is 28.4 Å². The highest BCUT2D eigenvalue weighted by Crippen LogP contribution is 2.20. The van der Waals surface area contributed by atoms with Crippen molar-refractivity contribution in [3.05, 3.63) is 35.7 Å². The highest BCUT2D eigenvalue weighted by molar-refractivity contribution is 7.99. The number of hydrogen-bond acceptors (Lipinski definition) is 6. The van der Waals surface area contributed by atoms with E-state index in [0.717, 1.165) is 12.0 Å². The van der Waals surface area contributed by atoms with Crippen LogP contribution in [0.15, 0.2) is 34.3 Å².